The molecule has 0 saturated heterocycles. The quantitative estimate of drug-likeness (QED) is 0.00802. The fourth-order valence-electron chi connectivity index (χ4n) is 3.56. The summed E-state index contributed by atoms with van der Waals surface area (Å²) in [7, 11) is 0. The molecule has 75 heavy (non-hydrogen) atoms. The first kappa shape index (κ1) is 66.2. The van der Waals surface area contributed by atoms with Crippen LogP contribution in [0, 0.1) is 0 Å². The second-order valence-corrected chi connectivity index (χ2v) is 21.6. The molecule has 414 valence electrons. The van der Waals surface area contributed by atoms with E-state index < -0.39 is 0 Å². The van der Waals surface area contributed by atoms with Crippen LogP contribution in [0.3, 0.4) is 0 Å². The third-order valence-electron chi connectivity index (χ3n) is 6.34. The van der Waals surface area contributed by atoms with E-state index in [0.717, 1.165) is 23.1 Å². The summed E-state index contributed by atoms with van der Waals surface area (Å²) >= 11 is 78.8. The lowest BCUT2D eigenvalue weighted by Crippen LogP contribution is -2.10. The highest BCUT2D eigenvalue weighted by Crippen LogP contribution is 2.32. The molecule has 16 N–H and O–H groups in total. The summed E-state index contributed by atoms with van der Waals surface area (Å²) in [6.07, 6.45) is 1.97. The van der Waals surface area contributed by atoms with E-state index in [1.165, 1.54) is 47.0 Å². The van der Waals surface area contributed by atoms with E-state index in [2.05, 4.69) is 109 Å². The number of nitrogens with zero attached hydrogens (tertiary/aromatic N) is 15. The van der Waals surface area contributed by atoms with E-state index >= 15 is 0 Å². The maximum absolute atomic E-state index is 7.45. The molecule has 0 aliphatic rings. The van der Waals surface area contributed by atoms with Gasteiger partial charge in [0.15, 0.2) is 19.7 Å². The fourth-order valence-corrected chi connectivity index (χ4v) is 8.75. The molecule has 6 aromatic rings. The summed E-state index contributed by atoms with van der Waals surface area (Å²) < 4.78 is 21.3. The Labute approximate surface area is 521 Å². The zero-order chi connectivity index (χ0) is 58.6. The van der Waals surface area contributed by atoms with Crippen LogP contribution in [-0.4, -0.2) is 148 Å². The molecule has 0 aromatic carbocycles. The van der Waals surface area contributed by atoms with Crippen LogP contribution in [-0.2, 0) is 0 Å². The Bertz CT molecular complexity index is 2610. The minimum absolute atomic E-state index is 0.000000000000000444. The van der Waals surface area contributed by atoms with Gasteiger partial charge in [-0.25, -0.2) is 24.9 Å². The predicted octanol–water partition coefficient (Wildman–Crippen LogP) is 8.91. The number of aromatic nitrogens is 15. The highest BCUT2D eigenvalue weighted by atomic mass is 35.5. The molecule has 6 heterocycles. The molecule has 24 nitrogen and oxygen atoms in total. The lowest BCUT2D eigenvalue weighted by molar-refractivity contribution is 0.898. The summed E-state index contributed by atoms with van der Waals surface area (Å²) in [4.78, 5) is 57.7. The van der Waals surface area contributed by atoms with Crippen molar-refractivity contribution < 1.29 is 4.24 Å². The molecule has 0 fully saturated rings. The summed E-state index contributed by atoms with van der Waals surface area (Å²) in [5.74, 6) is 5.20. The molecule has 6 rings (SSSR count). The number of nitrogen functional groups attached to an aromatic ring is 3. The number of hydrogen-bond donors (Lipinski definition) is 10. The van der Waals surface area contributed by atoms with E-state index in [1.807, 2.05) is 12.0 Å². The normalized spacial score (nSPS) is 10.6. The van der Waals surface area contributed by atoms with Gasteiger partial charge in [-0.05, 0) is 99.1 Å². The van der Waals surface area contributed by atoms with E-state index in [9.17, 15) is 0 Å². The van der Waals surface area contributed by atoms with Gasteiger partial charge in [0.25, 0.3) is 0 Å². The van der Waals surface area contributed by atoms with Crippen LogP contribution in [0.1, 0.15) is 0 Å². The monoisotopic (exact) mass is 1390 g/mol. The molecule has 0 radical (unpaired) electrons. The number of thiol groups is 1. The molecule has 0 atom stereocenters. The van der Waals surface area contributed by atoms with Crippen molar-refractivity contribution in [3.05, 3.63) is 62.5 Å². The van der Waals surface area contributed by atoms with Crippen molar-refractivity contribution in [2.24, 2.45) is 22.9 Å². The largest absolute Gasteiger partial charge is 0.382 e. The highest BCUT2D eigenvalue weighted by Gasteiger charge is 2.14. The Balaban J connectivity index is 0.000000559. The zero-order valence-corrected chi connectivity index (χ0v) is 51.9. The summed E-state index contributed by atoms with van der Waals surface area (Å²) in [5, 5.41) is 8.78. The number of anilines is 5. The zero-order valence-electron chi connectivity index (χ0n) is 40.8. The van der Waals surface area contributed by atoms with Crippen LogP contribution in [0.15, 0.2) is 20.4 Å². The topological polar surface area (TPSA) is 400 Å². The Morgan fingerprint density at radius 1 is 0.427 bits per heavy atom. The molecular weight excluding hydrogens is 1350 g/mol. The van der Waals surface area contributed by atoms with Gasteiger partial charge in [-0.3, -0.25) is 0 Å². The van der Waals surface area contributed by atoms with Gasteiger partial charge in [0, 0.05) is 67.4 Å². The van der Waals surface area contributed by atoms with Crippen LogP contribution in [0.2, 0.25) is 66.7 Å². The number of rotatable bonds is 21. The second-order valence-electron chi connectivity index (χ2n) is 11.7. The van der Waals surface area contributed by atoms with Crippen molar-refractivity contribution in [1.29, 1.82) is 0 Å². The maximum atomic E-state index is 7.45. The molecule has 0 spiro atoms. The SMILES string of the molecule is CSCN.Clc1nc(Cl)nc(Cl)n1.NCCS.[2H]Nc1nc(Cl)nc(Cl)c1Cl.[2H]Nc1nc(SCCN)nc(SCCN)c1Cl.[2H]Nc1nc(SCCNc2nc(Cl)nc(Cl)n2)nc(SCCNc2nc(Cl)nc(Cl)n2)c1Cl. The van der Waals surface area contributed by atoms with Crippen molar-refractivity contribution in [3.8, 4) is 0 Å². The molecular formula is C33H42Cl12N24S6. The van der Waals surface area contributed by atoms with E-state index in [4.69, 9.17) is 166 Å². The Hall–Kier alpha value is -1.31. The Kier molecular flexibility index (Phi) is 36.8. The van der Waals surface area contributed by atoms with Crippen molar-refractivity contribution in [2.45, 2.75) is 20.4 Å². The standard InChI is InChI=1S/C14H12Cl5N11S2.C8H14ClN5S2.C4H2Cl3N3.C3Cl3N3.2C2H7NS/c15-5-6(20)23-14(32-4-2-22-13-29-10(18)26-11(19)30-13)24-7(5)31-3-1-21-12-27-8(16)25-9(17)28-12;9-5-6(12)13-8(16-4-2-11)14-7(5)15-3-1-10;5-1-2(6)9-4(7)10-3(1)8;4-1-7-2(5)9-3(6)8-1;1-4-2-3;3-1-2-4/h1-4H2,(H2,20,23,24)(H,21,25,27,28)(H,22,26,29,30);1-4,10-11H2,(H2,12,13,14);(H2,8,9,10);;2-3H2,1H3;4H,1-3H2/i/hD3. The maximum Gasteiger partial charge on any atom is 0.228 e. The second kappa shape index (κ2) is 41.7. The van der Waals surface area contributed by atoms with E-state index in [0.29, 0.717) is 75.4 Å². The first-order valence-corrected chi connectivity index (χ1v) is 30.1. The van der Waals surface area contributed by atoms with Crippen molar-refractivity contribution in [3.63, 3.8) is 0 Å². The number of thioether (sulfide) groups is 5. The third kappa shape index (κ3) is 31.9. The van der Waals surface area contributed by atoms with Gasteiger partial charge in [-0.2, -0.15) is 74.2 Å². The van der Waals surface area contributed by atoms with Crippen LogP contribution < -0.4 is 50.7 Å². The van der Waals surface area contributed by atoms with Crippen LogP contribution in [0.4, 0.5) is 29.4 Å². The fraction of sp³-hybridized carbons (Fsp3) is 0.364. The third-order valence-corrected chi connectivity index (χ3v) is 13.7. The van der Waals surface area contributed by atoms with Crippen LogP contribution in [0.5, 0.6) is 0 Å². The number of hydrogen-bond acceptors (Lipinski definition) is 30. The van der Waals surface area contributed by atoms with Crippen molar-refractivity contribution in [1.82, 2.24) is 74.8 Å². The summed E-state index contributed by atoms with van der Waals surface area (Å²) in [6.45, 7) is 2.71. The molecule has 42 heteroatoms. The molecule has 6 aromatic heterocycles. The Morgan fingerprint density at radius 3 is 1.11 bits per heavy atom. The molecule has 0 saturated carbocycles. The van der Waals surface area contributed by atoms with Crippen LogP contribution >= 0.6 is 211 Å². The number of nitrogens with one attached hydrogen (secondary N) is 2. The van der Waals surface area contributed by atoms with E-state index in [1.54, 1.807) is 11.8 Å². The van der Waals surface area contributed by atoms with Gasteiger partial charge in [0.05, 0.1) is 0 Å². The Morgan fingerprint density at radius 2 is 0.747 bits per heavy atom. The summed E-state index contributed by atoms with van der Waals surface area (Å²) in [5.41, 5.74) is 27.2. The first-order valence-electron chi connectivity index (χ1n) is 21.1. The predicted molar refractivity (Wildman–Crippen MR) is 322 cm³/mol. The van der Waals surface area contributed by atoms with Gasteiger partial charge in [0.2, 0.25) is 54.2 Å². The van der Waals surface area contributed by atoms with Gasteiger partial charge in [0.1, 0.15) is 42.6 Å². The first-order chi connectivity index (χ1) is 37.2. The van der Waals surface area contributed by atoms with E-state index in [-0.39, 0.29) is 81.0 Å². The van der Waals surface area contributed by atoms with Crippen molar-refractivity contribution in [2.75, 3.05) is 101 Å². The lowest BCUT2D eigenvalue weighted by Gasteiger charge is -2.09. The smallest absolute Gasteiger partial charge is 0.228 e. The van der Waals surface area contributed by atoms with Crippen LogP contribution in [0.25, 0.3) is 0 Å². The molecule has 0 aliphatic heterocycles. The summed E-state index contributed by atoms with van der Waals surface area (Å²) in [6, 6.07) is 0. The molecule has 0 aliphatic carbocycles. The van der Waals surface area contributed by atoms with Gasteiger partial charge in [-0.1, -0.05) is 69.9 Å². The molecule has 0 unspecified atom stereocenters. The van der Waals surface area contributed by atoms with Gasteiger partial charge >= 0.3 is 0 Å². The number of nitrogens with two attached hydrogens (primary N) is 7. The highest BCUT2D eigenvalue weighted by molar-refractivity contribution is 8.00. The van der Waals surface area contributed by atoms with Gasteiger partial charge in [-0.15, -0.1) is 23.5 Å². The minimum atomic E-state index is -0.0471. The molecule has 0 amide bonds. The minimum Gasteiger partial charge on any atom is -0.382 e. The molecule has 0 bridgehead atoms. The van der Waals surface area contributed by atoms with Crippen molar-refractivity contribution >= 4 is 240 Å². The van der Waals surface area contributed by atoms with Gasteiger partial charge < -0.3 is 50.7 Å². The average Bonchev–Trinajstić information content (AvgIpc) is 3.39. The lowest BCUT2D eigenvalue weighted by atomic mass is 10.6. The number of halogens is 12. The average molecular weight is 1400 g/mol.